The van der Waals surface area contributed by atoms with Crippen molar-refractivity contribution in [3.05, 3.63) is 34.3 Å². The zero-order valence-corrected chi connectivity index (χ0v) is 7.70. The average molecular weight is 168 g/mol. The summed E-state index contributed by atoms with van der Waals surface area (Å²) in [7, 11) is 0. The van der Waals surface area contributed by atoms with Crippen molar-refractivity contribution in [2.45, 2.75) is 26.7 Å². The Labute approximate surface area is 73.2 Å². The second-order valence-corrected chi connectivity index (χ2v) is 2.95. The van der Waals surface area contributed by atoms with Crippen molar-refractivity contribution in [1.29, 1.82) is 0 Å². The van der Waals surface area contributed by atoms with E-state index in [0.29, 0.717) is 0 Å². The molecule has 0 aromatic heterocycles. The minimum absolute atomic E-state index is 0.878. The van der Waals surface area contributed by atoms with Gasteiger partial charge in [-0.1, -0.05) is 25.4 Å². The molecule has 1 heteroatoms. The van der Waals surface area contributed by atoms with Crippen LogP contribution in [0.15, 0.2) is 12.1 Å². The molecule has 0 aliphatic rings. The lowest BCUT2D eigenvalue weighted by molar-refractivity contribution is 1.10. The Hall–Kier alpha value is -0.490. The van der Waals surface area contributed by atoms with Crippen LogP contribution in [0.3, 0.4) is 0 Å². The number of rotatable bonds is 2. The lowest BCUT2D eigenvalue weighted by Crippen LogP contribution is -1.85. The van der Waals surface area contributed by atoms with Gasteiger partial charge in [-0.2, -0.15) is 0 Å². The molecule has 0 heterocycles. The Morgan fingerprint density at radius 1 is 1.36 bits per heavy atom. The van der Waals surface area contributed by atoms with E-state index in [2.05, 4.69) is 19.9 Å². The first-order chi connectivity index (χ1) is 5.27. The van der Waals surface area contributed by atoms with Gasteiger partial charge in [-0.05, 0) is 42.2 Å². The van der Waals surface area contributed by atoms with E-state index in [1.807, 2.05) is 12.1 Å². The van der Waals surface area contributed by atoms with Crippen LogP contribution >= 0.6 is 11.6 Å². The summed E-state index contributed by atoms with van der Waals surface area (Å²) in [6.45, 7) is 4.20. The highest BCUT2D eigenvalue weighted by Gasteiger charge is 1.97. The fraction of sp³-hybridized carbons (Fsp3) is 0.400. The molecule has 1 rings (SSSR count). The number of hydrogen-bond donors (Lipinski definition) is 0. The molecule has 0 spiro atoms. The lowest BCUT2D eigenvalue weighted by atomic mass is 10.1. The SMILES string of the molecule is CCc1[c]cc(CC)c(Cl)c1. The predicted octanol–water partition coefficient (Wildman–Crippen LogP) is 3.26. The normalized spacial score (nSPS) is 10.1. The smallest absolute Gasteiger partial charge is 0.0441 e. The monoisotopic (exact) mass is 167 g/mol. The van der Waals surface area contributed by atoms with Crippen LogP contribution in [-0.2, 0) is 12.8 Å². The summed E-state index contributed by atoms with van der Waals surface area (Å²) in [4.78, 5) is 0. The second-order valence-electron chi connectivity index (χ2n) is 2.54. The molecule has 0 unspecified atom stereocenters. The van der Waals surface area contributed by atoms with Crippen LogP contribution < -0.4 is 0 Å². The molecule has 0 saturated carbocycles. The topological polar surface area (TPSA) is 0 Å². The van der Waals surface area contributed by atoms with Crippen LogP contribution in [0.4, 0.5) is 0 Å². The third-order valence-corrected chi connectivity index (χ3v) is 2.15. The molecule has 1 aromatic rings. The summed E-state index contributed by atoms with van der Waals surface area (Å²) >= 11 is 5.99. The van der Waals surface area contributed by atoms with E-state index in [9.17, 15) is 0 Å². The molecule has 0 amide bonds. The van der Waals surface area contributed by atoms with Crippen molar-refractivity contribution < 1.29 is 0 Å². The second kappa shape index (κ2) is 3.77. The highest BCUT2D eigenvalue weighted by molar-refractivity contribution is 6.31. The van der Waals surface area contributed by atoms with Crippen LogP contribution in [-0.4, -0.2) is 0 Å². The quantitative estimate of drug-likeness (QED) is 0.635. The number of aryl methyl sites for hydroxylation is 2. The van der Waals surface area contributed by atoms with Gasteiger partial charge in [-0.15, -0.1) is 0 Å². The molecular formula is C10H12Cl. The third kappa shape index (κ3) is 1.97. The van der Waals surface area contributed by atoms with E-state index >= 15 is 0 Å². The molecule has 0 aliphatic carbocycles. The van der Waals surface area contributed by atoms with Gasteiger partial charge in [0.05, 0.1) is 0 Å². The summed E-state index contributed by atoms with van der Waals surface area (Å²) < 4.78 is 0. The van der Waals surface area contributed by atoms with Gasteiger partial charge >= 0.3 is 0 Å². The van der Waals surface area contributed by atoms with Crippen LogP contribution in [0, 0.1) is 6.07 Å². The molecule has 1 aromatic carbocycles. The number of benzene rings is 1. The molecule has 11 heavy (non-hydrogen) atoms. The summed E-state index contributed by atoms with van der Waals surface area (Å²) in [6, 6.07) is 7.18. The number of hydrogen-bond acceptors (Lipinski definition) is 0. The van der Waals surface area contributed by atoms with Gasteiger partial charge in [-0.25, -0.2) is 0 Å². The minimum atomic E-state index is 0.878. The Kier molecular flexibility index (Phi) is 2.95. The van der Waals surface area contributed by atoms with E-state index in [1.165, 1.54) is 11.1 Å². The van der Waals surface area contributed by atoms with Crippen LogP contribution in [0.2, 0.25) is 5.02 Å². The molecule has 0 nitrogen and oxygen atoms in total. The molecule has 0 bridgehead atoms. The van der Waals surface area contributed by atoms with Gasteiger partial charge in [0.1, 0.15) is 0 Å². The largest absolute Gasteiger partial charge is 0.0840 e. The molecule has 0 atom stereocenters. The van der Waals surface area contributed by atoms with Gasteiger partial charge in [0.15, 0.2) is 0 Å². The highest BCUT2D eigenvalue weighted by Crippen LogP contribution is 2.17. The van der Waals surface area contributed by atoms with E-state index in [0.717, 1.165) is 17.9 Å². The molecule has 0 aliphatic heterocycles. The Morgan fingerprint density at radius 2 is 2.09 bits per heavy atom. The third-order valence-electron chi connectivity index (χ3n) is 1.80. The Morgan fingerprint density at radius 3 is 2.55 bits per heavy atom. The van der Waals surface area contributed by atoms with Crippen LogP contribution in [0.25, 0.3) is 0 Å². The van der Waals surface area contributed by atoms with Crippen molar-refractivity contribution in [2.75, 3.05) is 0 Å². The molecular weight excluding hydrogens is 156 g/mol. The first-order valence-electron chi connectivity index (χ1n) is 3.97. The summed E-state index contributed by atoms with van der Waals surface area (Å²) in [5, 5.41) is 0.878. The van der Waals surface area contributed by atoms with Crippen molar-refractivity contribution in [3.63, 3.8) is 0 Å². The van der Waals surface area contributed by atoms with Crippen molar-refractivity contribution in [3.8, 4) is 0 Å². The Balaban J connectivity index is 2.99. The zero-order chi connectivity index (χ0) is 8.27. The molecule has 0 saturated heterocycles. The molecule has 1 radical (unpaired) electrons. The molecule has 59 valence electrons. The van der Waals surface area contributed by atoms with Crippen LogP contribution in [0.5, 0.6) is 0 Å². The van der Waals surface area contributed by atoms with E-state index in [1.54, 1.807) is 0 Å². The number of halogens is 1. The van der Waals surface area contributed by atoms with Gasteiger partial charge in [-0.3, -0.25) is 0 Å². The maximum Gasteiger partial charge on any atom is 0.0441 e. The van der Waals surface area contributed by atoms with E-state index < -0.39 is 0 Å². The fourth-order valence-electron chi connectivity index (χ4n) is 1.01. The van der Waals surface area contributed by atoms with Gasteiger partial charge in [0.2, 0.25) is 0 Å². The lowest BCUT2D eigenvalue weighted by Gasteiger charge is -2.01. The minimum Gasteiger partial charge on any atom is -0.0840 e. The maximum atomic E-state index is 5.99. The van der Waals surface area contributed by atoms with Crippen molar-refractivity contribution in [2.24, 2.45) is 0 Å². The van der Waals surface area contributed by atoms with Crippen LogP contribution in [0.1, 0.15) is 25.0 Å². The molecule has 0 fully saturated rings. The van der Waals surface area contributed by atoms with Gasteiger partial charge < -0.3 is 0 Å². The Bertz CT molecular complexity index is 241. The van der Waals surface area contributed by atoms with Crippen molar-refractivity contribution >= 4 is 11.6 Å². The molecule has 0 N–H and O–H groups in total. The van der Waals surface area contributed by atoms with E-state index in [4.69, 9.17) is 11.6 Å². The van der Waals surface area contributed by atoms with Gasteiger partial charge in [0.25, 0.3) is 0 Å². The first kappa shape index (κ1) is 8.61. The fourth-order valence-corrected chi connectivity index (χ4v) is 1.33. The summed E-state index contributed by atoms with van der Waals surface area (Å²) in [6.07, 6.45) is 1.99. The van der Waals surface area contributed by atoms with Crippen molar-refractivity contribution in [1.82, 2.24) is 0 Å². The first-order valence-corrected chi connectivity index (χ1v) is 4.34. The average Bonchev–Trinajstić information content (AvgIpc) is 2.04. The highest BCUT2D eigenvalue weighted by atomic mass is 35.5. The maximum absolute atomic E-state index is 5.99. The zero-order valence-electron chi connectivity index (χ0n) is 6.95. The summed E-state index contributed by atoms with van der Waals surface area (Å²) in [5.41, 5.74) is 2.37. The summed E-state index contributed by atoms with van der Waals surface area (Å²) in [5.74, 6) is 0. The predicted molar refractivity (Wildman–Crippen MR) is 49.0 cm³/mol. The van der Waals surface area contributed by atoms with E-state index in [-0.39, 0.29) is 0 Å². The standard InChI is InChI=1S/C10H12Cl/c1-3-8-5-6-9(4-2)10(11)7-8/h6-7H,3-4H2,1-2H3. The van der Waals surface area contributed by atoms with Gasteiger partial charge in [0, 0.05) is 5.02 Å².